The molecule has 0 fully saturated rings. The summed E-state index contributed by atoms with van der Waals surface area (Å²) in [4.78, 5) is 23.5. The zero-order valence-electron chi connectivity index (χ0n) is 14.7. The van der Waals surface area contributed by atoms with Crippen LogP contribution in [0.1, 0.15) is 26.3 Å². The van der Waals surface area contributed by atoms with E-state index >= 15 is 0 Å². The van der Waals surface area contributed by atoms with Crippen molar-refractivity contribution in [2.45, 2.75) is 6.61 Å². The van der Waals surface area contributed by atoms with E-state index in [1.54, 1.807) is 78.3 Å². The number of ether oxygens (including phenoxy) is 1. The van der Waals surface area contributed by atoms with Gasteiger partial charge in [0, 0.05) is 11.3 Å². The van der Waals surface area contributed by atoms with Crippen LogP contribution in [0.3, 0.4) is 0 Å². The Hall–Kier alpha value is -3.35. The fourth-order valence-electron chi connectivity index (χ4n) is 2.46. The van der Waals surface area contributed by atoms with Crippen molar-refractivity contribution in [2.24, 2.45) is 0 Å². The molecule has 142 valence electrons. The standard InChI is InChI=1S/C21H17ClN2O4/c22-19-4-2-1-3-18(19)21(26)23-16-9-11-17(12-10-16)28-13-14-5-7-15(8-6-14)20(25)24-27/h1-12,27H,13H2,(H,23,26)(H,24,25). The van der Waals surface area contributed by atoms with Gasteiger partial charge in [0.1, 0.15) is 12.4 Å². The van der Waals surface area contributed by atoms with Crippen LogP contribution >= 0.6 is 11.6 Å². The number of hydrogen-bond acceptors (Lipinski definition) is 4. The molecular formula is C21H17ClN2O4. The van der Waals surface area contributed by atoms with Crippen LogP contribution < -0.4 is 15.5 Å². The van der Waals surface area contributed by atoms with E-state index in [9.17, 15) is 9.59 Å². The molecule has 0 aromatic heterocycles. The third-order valence-electron chi connectivity index (χ3n) is 3.95. The normalized spacial score (nSPS) is 10.2. The van der Waals surface area contributed by atoms with Gasteiger partial charge in [-0.15, -0.1) is 0 Å². The topological polar surface area (TPSA) is 87.7 Å². The molecule has 3 N–H and O–H groups in total. The second kappa shape index (κ2) is 9.03. The molecule has 0 saturated heterocycles. The summed E-state index contributed by atoms with van der Waals surface area (Å²) < 4.78 is 5.70. The van der Waals surface area contributed by atoms with E-state index in [2.05, 4.69) is 5.32 Å². The Bertz CT molecular complexity index is 972. The highest BCUT2D eigenvalue weighted by molar-refractivity contribution is 6.34. The van der Waals surface area contributed by atoms with Gasteiger partial charge in [-0.25, -0.2) is 5.48 Å². The molecule has 0 spiro atoms. The molecule has 0 bridgehead atoms. The Morgan fingerprint density at radius 2 is 1.57 bits per heavy atom. The lowest BCUT2D eigenvalue weighted by molar-refractivity contribution is 0.0706. The Balaban J connectivity index is 1.56. The van der Waals surface area contributed by atoms with Gasteiger partial charge in [0.15, 0.2) is 0 Å². The van der Waals surface area contributed by atoms with E-state index in [1.807, 2.05) is 0 Å². The second-order valence-corrected chi connectivity index (χ2v) is 6.29. The molecule has 2 amide bonds. The Morgan fingerprint density at radius 1 is 0.893 bits per heavy atom. The van der Waals surface area contributed by atoms with Crippen LogP contribution in [0, 0.1) is 0 Å². The number of amides is 2. The lowest BCUT2D eigenvalue weighted by atomic mass is 10.1. The largest absolute Gasteiger partial charge is 0.489 e. The minimum absolute atomic E-state index is 0.286. The van der Waals surface area contributed by atoms with Crippen molar-refractivity contribution in [3.05, 3.63) is 94.5 Å². The number of carbonyl (C=O) groups is 2. The first-order chi connectivity index (χ1) is 13.6. The number of hydroxylamine groups is 1. The van der Waals surface area contributed by atoms with Gasteiger partial charge in [0.25, 0.3) is 11.8 Å². The molecule has 0 heterocycles. The maximum Gasteiger partial charge on any atom is 0.274 e. The predicted octanol–water partition coefficient (Wildman–Crippen LogP) is 4.29. The van der Waals surface area contributed by atoms with Crippen LogP contribution in [0.2, 0.25) is 5.02 Å². The van der Waals surface area contributed by atoms with E-state index < -0.39 is 5.91 Å². The number of nitrogens with one attached hydrogen (secondary N) is 2. The van der Waals surface area contributed by atoms with E-state index in [0.29, 0.717) is 34.2 Å². The van der Waals surface area contributed by atoms with Gasteiger partial charge >= 0.3 is 0 Å². The SMILES string of the molecule is O=C(NO)c1ccc(COc2ccc(NC(=O)c3ccccc3Cl)cc2)cc1. The molecule has 3 rings (SSSR count). The Kier molecular flexibility index (Phi) is 6.26. The van der Waals surface area contributed by atoms with Crippen LogP contribution in [0.5, 0.6) is 5.75 Å². The molecule has 0 aliphatic carbocycles. The lowest BCUT2D eigenvalue weighted by Gasteiger charge is -2.09. The fourth-order valence-corrected chi connectivity index (χ4v) is 2.68. The van der Waals surface area contributed by atoms with Crippen molar-refractivity contribution >= 4 is 29.1 Å². The quantitative estimate of drug-likeness (QED) is 0.428. The van der Waals surface area contributed by atoms with Crippen molar-refractivity contribution < 1.29 is 19.5 Å². The van der Waals surface area contributed by atoms with Crippen LogP contribution in [0.4, 0.5) is 5.69 Å². The van der Waals surface area contributed by atoms with Gasteiger partial charge in [0.2, 0.25) is 0 Å². The molecule has 0 atom stereocenters. The fraction of sp³-hybridized carbons (Fsp3) is 0.0476. The first kappa shape index (κ1) is 19.4. The van der Waals surface area contributed by atoms with Gasteiger partial charge < -0.3 is 10.1 Å². The van der Waals surface area contributed by atoms with E-state index in [0.717, 1.165) is 5.56 Å². The summed E-state index contributed by atoms with van der Waals surface area (Å²) in [5.74, 6) is -0.221. The maximum atomic E-state index is 12.3. The molecule has 6 nitrogen and oxygen atoms in total. The first-order valence-electron chi connectivity index (χ1n) is 8.39. The number of hydrogen-bond donors (Lipinski definition) is 3. The zero-order chi connectivity index (χ0) is 19.9. The van der Waals surface area contributed by atoms with Gasteiger partial charge in [-0.1, -0.05) is 35.9 Å². The third kappa shape index (κ3) is 4.88. The molecule has 0 radical (unpaired) electrons. The summed E-state index contributed by atoms with van der Waals surface area (Å²) in [6.07, 6.45) is 0. The first-order valence-corrected chi connectivity index (χ1v) is 8.77. The number of carbonyl (C=O) groups excluding carboxylic acids is 2. The minimum atomic E-state index is -0.568. The number of halogens is 1. The predicted molar refractivity (Wildman–Crippen MR) is 106 cm³/mol. The summed E-state index contributed by atoms with van der Waals surface area (Å²) in [6.45, 7) is 0.312. The molecule has 3 aromatic rings. The molecule has 0 aliphatic heterocycles. The van der Waals surface area contributed by atoms with Gasteiger partial charge in [-0.2, -0.15) is 0 Å². The molecule has 0 aliphatic rings. The van der Waals surface area contributed by atoms with E-state index in [4.69, 9.17) is 21.5 Å². The minimum Gasteiger partial charge on any atom is -0.489 e. The smallest absolute Gasteiger partial charge is 0.274 e. The van der Waals surface area contributed by atoms with Gasteiger partial charge in [0.05, 0.1) is 10.6 Å². The Labute approximate surface area is 166 Å². The molecule has 7 heteroatoms. The number of anilines is 1. The maximum absolute atomic E-state index is 12.3. The molecule has 0 saturated carbocycles. The summed E-state index contributed by atoms with van der Waals surface area (Å²) in [6, 6.07) is 20.5. The summed E-state index contributed by atoms with van der Waals surface area (Å²) in [7, 11) is 0. The average Bonchev–Trinajstić information content (AvgIpc) is 2.73. The van der Waals surface area contributed by atoms with E-state index in [1.165, 1.54) is 0 Å². The van der Waals surface area contributed by atoms with Gasteiger partial charge in [-0.05, 0) is 54.1 Å². The van der Waals surface area contributed by atoms with Crippen molar-refractivity contribution in [3.8, 4) is 5.75 Å². The number of rotatable bonds is 6. The van der Waals surface area contributed by atoms with Crippen molar-refractivity contribution in [2.75, 3.05) is 5.32 Å². The number of benzene rings is 3. The Morgan fingerprint density at radius 3 is 2.21 bits per heavy atom. The lowest BCUT2D eigenvalue weighted by Crippen LogP contribution is -2.18. The highest BCUT2D eigenvalue weighted by Crippen LogP contribution is 2.20. The average molecular weight is 397 g/mol. The van der Waals surface area contributed by atoms with Crippen molar-refractivity contribution in [1.29, 1.82) is 0 Å². The van der Waals surface area contributed by atoms with Crippen LogP contribution in [-0.4, -0.2) is 17.0 Å². The highest BCUT2D eigenvalue weighted by atomic mass is 35.5. The summed E-state index contributed by atoms with van der Waals surface area (Å²) in [5, 5.41) is 11.8. The third-order valence-corrected chi connectivity index (χ3v) is 4.28. The molecule has 0 unspecified atom stereocenters. The second-order valence-electron chi connectivity index (χ2n) is 5.88. The van der Waals surface area contributed by atoms with E-state index in [-0.39, 0.29) is 5.91 Å². The molecular weight excluding hydrogens is 380 g/mol. The van der Waals surface area contributed by atoms with Crippen molar-refractivity contribution in [1.82, 2.24) is 5.48 Å². The highest BCUT2D eigenvalue weighted by Gasteiger charge is 2.10. The monoisotopic (exact) mass is 396 g/mol. The van der Waals surface area contributed by atoms with Crippen LogP contribution in [0.15, 0.2) is 72.8 Å². The molecule has 28 heavy (non-hydrogen) atoms. The zero-order valence-corrected chi connectivity index (χ0v) is 15.4. The van der Waals surface area contributed by atoms with Crippen molar-refractivity contribution in [3.63, 3.8) is 0 Å². The van der Waals surface area contributed by atoms with Gasteiger partial charge in [-0.3, -0.25) is 14.8 Å². The molecule has 3 aromatic carbocycles. The summed E-state index contributed by atoms with van der Waals surface area (Å²) >= 11 is 6.03. The van der Waals surface area contributed by atoms with Crippen LogP contribution in [-0.2, 0) is 6.61 Å². The van der Waals surface area contributed by atoms with Crippen LogP contribution in [0.25, 0.3) is 0 Å². The summed E-state index contributed by atoms with van der Waals surface area (Å²) in [5.41, 5.74) is 3.83.